The number of sulfonamides is 1. The van der Waals surface area contributed by atoms with Gasteiger partial charge in [0.2, 0.25) is 15.9 Å². The number of nitrogens with zero attached hydrogens (tertiary/aromatic N) is 2. The van der Waals surface area contributed by atoms with E-state index in [1.165, 1.54) is 0 Å². The maximum absolute atomic E-state index is 12.3. The summed E-state index contributed by atoms with van der Waals surface area (Å²) in [6, 6.07) is 9.25. The monoisotopic (exact) mass is 350 g/mol. The molecule has 0 unspecified atom stereocenters. The predicted molar refractivity (Wildman–Crippen MR) is 92.8 cm³/mol. The molecule has 1 heterocycles. The second-order valence-electron chi connectivity index (χ2n) is 5.51. The summed E-state index contributed by atoms with van der Waals surface area (Å²) >= 11 is 0. The van der Waals surface area contributed by atoms with Crippen LogP contribution in [0.15, 0.2) is 42.7 Å². The van der Waals surface area contributed by atoms with Gasteiger partial charge in [0, 0.05) is 31.0 Å². The van der Waals surface area contributed by atoms with Crippen LogP contribution in [-0.4, -0.2) is 43.2 Å². The molecule has 0 saturated heterocycles. The number of imidazole rings is 1. The molecule has 0 bridgehead atoms. The average Bonchev–Trinajstić information content (AvgIpc) is 3.03. The Morgan fingerprint density at radius 2 is 1.96 bits per heavy atom. The van der Waals surface area contributed by atoms with E-state index in [0.29, 0.717) is 19.5 Å². The number of hydrogen-bond acceptors (Lipinski definition) is 4. The first kappa shape index (κ1) is 18.2. The molecule has 0 fully saturated rings. The predicted octanol–water partition coefficient (Wildman–Crippen LogP) is 1.17. The molecule has 1 aromatic carbocycles. The van der Waals surface area contributed by atoms with Gasteiger partial charge in [0.15, 0.2) is 0 Å². The van der Waals surface area contributed by atoms with E-state index in [9.17, 15) is 13.2 Å². The molecule has 0 spiro atoms. The van der Waals surface area contributed by atoms with Gasteiger partial charge >= 0.3 is 0 Å². The van der Waals surface area contributed by atoms with Crippen LogP contribution in [0, 0.1) is 0 Å². The van der Waals surface area contributed by atoms with E-state index >= 15 is 0 Å². The Morgan fingerprint density at radius 3 is 2.62 bits per heavy atom. The summed E-state index contributed by atoms with van der Waals surface area (Å²) in [7, 11) is -3.19. The first-order chi connectivity index (χ1) is 11.4. The van der Waals surface area contributed by atoms with Crippen molar-refractivity contribution < 1.29 is 13.2 Å². The van der Waals surface area contributed by atoms with Crippen LogP contribution in [0.3, 0.4) is 0 Å². The number of carbonyl (C=O) groups excluding carboxylic acids is 1. The Balaban J connectivity index is 1.91. The van der Waals surface area contributed by atoms with Crippen molar-refractivity contribution in [1.29, 1.82) is 0 Å². The van der Waals surface area contributed by atoms with Crippen molar-refractivity contribution in [2.75, 3.05) is 19.3 Å². The zero-order valence-corrected chi connectivity index (χ0v) is 14.6. The van der Waals surface area contributed by atoms with Crippen molar-refractivity contribution in [3.63, 3.8) is 0 Å². The van der Waals surface area contributed by atoms with Crippen molar-refractivity contribution in [2.45, 2.75) is 19.4 Å². The summed E-state index contributed by atoms with van der Waals surface area (Å²) in [5, 5.41) is 2.81. The molecule has 8 heteroatoms. The summed E-state index contributed by atoms with van der Waals surface area (Å²) < 4.78 is 26.1. The van der Waals surface area contributed by atoms with Gasteiger partial charge in [0.25, 0.3) is 0 Å². The minimum Gasteiger partial charge on any atom is -0.354 e. The summed E-state index contributed by atoms with van der Waals surface area (Å²) in [6.07, 6.45) is 5.08. The summed E-state index contributed by atoms with van der Waals surface area (Å²) in [4.78, 5) is 16.6. The highest BCUT2D eigenvalue weighted by Gasteiger charge is 2.18. The summed E-state index contributed by atoms with van der Waals surface area (Å²) in [6.45, 7) is 2.51. The lowest BCUT2D eigenvalue weighted by Crippen LogP contribution is -2.33. The van der Waals surface area contributed by atoms with E-state index in [1.807, 2.05) is 34.9 Å². The van der Waals surface area contributed by atoms with Gasteiger partial charge in [-0.2, -0.15) is 0 Å². The lowest BCUT2D eigenvalue weighted by Gasteiger charge is -2.16. The topological polar surface area (TPSA) is 93.1 Å². The van der Waals surface area contributed by atoms with Gasteiger partial charge < -0.3 is 9.88 Å². The second-order valence-corrected chi connectivity index (χ2v) is 7.34. The number of rotatable bonds is 8. The van der Waals surface area contributed by atoms with E-state index < -0.39 is 16.1 Å². The lowest BCUT2D eigenvalue weighted by atomic mass is 10.2. The molecule has 0 saturated carbocycles. The molecule has 0 aliphatic rings. The first-order valence-corrected chi connectivity index (χ1v) is 9.58. The Kier molecular flexibility index (Phi) is 6.10. The van der Waals surface area contributed by atoms with Gasteiger partial charge in [-0.05, 0) is 13.3 Å². The van der Waals surface area contributed by atoms with Gasteiger partial charge in [-0.1, -0.05) is 30.3 Å². The molecule has 2 rings (SSSR count). The van der Waals surface area contributed by atoms with E-state index in [4.69, 9.17) is 0 Å². The minimum absolute atomic E-state index is 0.135. The molecule has 2 aromatic rings. The van der Waals surface area contributed by atoms with E-state index in [0.717, 1.165) is 17.6 Å². The highest BCUT2D eigenvalue weighted by Crippen LogP contribution is 2.20. The third-order valence-corrected chi connectivity index (χ3v) is 4.24. The van der Waals surface area contributed by atoms with Crippen molar-refractivity contribution in [3.05, 3.63) is 42.7 Å². The molecule has 1 aromatic heterocycles. The van der Waals surface area contributed by atoms with Gasteiger partial charge in [-0.15, -0.1) is 0 Å². The van der Waals surface area contributed by atoms with Crippen LogP contribution in [0.1, 0.15) is 19.4 Å². The fourth-order valence-corrected chi connectivity index (χ4v) is 2.78. The fraction of sp³-hybridized carbons (Fsp3) is 0.375. The fourth-order valence-electron chi connectivity index (χ4n) is 2.27. The Bertz CT molecular complexity index is 772. The van der Waals surface area contributed by atoms with Gasteiger partial charge in [-0.3, -0.25) is 4.79 Å². The maximum Gasteiger partial charge on any atom is 0.242 e. The van der Waals surface area contributed by atoms with Crippen molar-refractivity contribution in [2.24, 2.45) is 0 Å². The number of hydrogen-bond donors (Lipinski definition) is 2. The molecule has 0 radical (unpaired) electrons. The third kappa shape index (κ3) is 5.17. The average molecular weight is 350 g/mol. The van der Waals surface area contributed by atoms with Gasteiger partial charge in [0.05, 0.1) is 6.26 Å². The number of carbonyl (C=O) groups is 1. The Labute approximate surface area is 142 Å². The lowest BCUT2D eigenvalue weighted by molar-refractivity contribution is -0.123. The van der Waals surface area contributed by atoms with Crippen LogP contribution >= 0.6 is 0 Å². The molecule has 2 N–H and O–H groups in total. The maximum atomic E-state index is 12.3. The van der Waals surface area contributed by atoms with Crippen LogP contribution < -0.4 is 10.0 Å². The van der Waals surface area contributed by atoms with Crippen molar-refractivity contribution in [1.82, 2.24) is 19.6 Å². The van der Waals surface area contributed by atoms with Gasteiger partial charge in [0.1, 0.15) is 11.9 Å². The van der Waals surface area contributed by atoms with Gasteiger partial charge in [-0.25, -0.2) is 18.1 Å². The van der Waals surface area contributed by atoms with Crippen LogP contribution in [0.5, 0.6) is 0 Å². The van der Waals surface area contributed by atoms with Crippen LogP contribution in [0.4, 0.5) is 0 Å². The molecule has 24 heavy (non-hydrogen) atoms. The highest BCUT2D eigenvalue weighted by atomic mass is 32.2. The molecule has 1 amide bonds. The normalized spacial score (nSPS) is 12.8. The largest absolute Gasteiger partial charge is 0.354 e. The Hall–Kier alpha value is -2.19. The first-order valence-electron chi connectivity index (χ1n) is 7.69. The van der Waals surface area contributed by atoms with E-state index in [2.05, 4.69) is 15.0 Å². The second kappa shape index (κ2) is 8.07. The number of nitrogens with one attached hydrogen (secondary N) is 2. The van der Waals surface area contributed by atoms with Crippen molar-refractivity contribution in [3.8, 4) is 11.4 Å². The number of benzene rings is 1. The van der Waals surface area contributed by atoms with Crippen molar-refractivity contribution >= 4 is 15.9 Å². The van der Waals surface area contributed by atoms with E-state index in [-0.39, 0.29) is 5.91 Å². The molecular weight excluding hydrogens is 328 g/mol. The molecular formula is C16H22N4O3S. The van der Waals surface area contributed by atoms with Crippen LogP contribution in [-0.2, 0) is 14.8 Å². The van der Waals surface area contributed by atoms with Crippen LogP contribution in [0.25, 0.3) is 11.4 Å². The van der Waals surface area contributed by atoms with E-state index in [1.54, 1.807) is 19.3 Å². The molecule has 130 valence electrons. The molecule has 0 aliphatic carbocycles. The molecule has 7 nitrogen and oxygen atoms in total. The zero-order valence-electron chi connectivity index (χ0n) is 13.8. The molecule has 1 atom stereocenters. The number of amides is 1. The zero-order chi connectivity index (χ0) is 17.6. The Morgan fingerprint density at radius 1 is 1.25 bits per heavy atom. The SMILES string of the molecule is C[C@@H](C(=O)NCCCNS(C)(=O)=O)n1ccnc1-c1ccccc1. The summed E-state index contributed by atoms with van der Waals surface area (Å²) in [5.74, 6) is 0.599. The quantitative estimate of drug-likeness (QED) is 0.699. The summed E-state index contributed by atoms with van der Waals surface area (Å²) in [5.41, 5.74) is 0.944. The number of aromatic nitrogens is 2. The highest BCUT2D eigenvalue weighted by molar-refractivity contribution is 7.88. The minimum atomic E-state index is -3.19. The smallest absolute Gasteiger partial charge is 0.242 e. The molecule has 0 aliphatic heterocycles. The van der Waals surface area contributed by atoms with Crippen LogP contribution in [0.2, 0.25) is 0 Å². The standard InChI is InChI=1S/C16H22N4O3S/c1-13(16(21)18-9-6-10-19-24(2,22)23)20-12-11-17-15(20)14-7-4-3-5-8-14/h3-5,7-8,11-13,19H,6,9-10H2,1-2H3,(H,18,21)/t13-/m0/s1. The third-order valence-electron chi connectivity index (χ3n) is 3.51.